The van der Waals surface area contributed by atoms with E-state index in [1.165, 1.54) is 18.3 Å². The number of nitrogens with one attached hydrogen (secondary N) is 2. The van der Waals surface area contributed by atoms with Gasteiger partial charge in [-0.3, -0.25) is 9.59 Å². The molecule has 0 bridgehead atoms. The Labute approximate surface area is 153 Å². The summed E-state index contributed by atoms with van der Waals surface area (Å²) in [6, 6.07) is 0.252. The molecule has 0 radical (unpaired) electrons. The maximum absolute atomic E-state index is 12.3. The highest BCUT2D eigenvalue weighted by Gasteiger charge is 2.27. The lowest BCUT2D eigenvalue weighted by Crippen LogP contribution is -2.25. The molecule has 0 saturated heterocycles. The van der Waals surface area contributed by atoms with Gasteiger partial charge in [0.2, 0.25) is 11.8 Å². The number of halogens is 1. The van der Waals surface area contributed by atoms with Crippen LogP contribution in [0.25, 0.3) is 10.2 Å². The second-order valence-electron chi connectivity index (χ2n) is 5.96. The average molecular weight is 383 g/mol. The molecule has 0 spiro atoms. The molecule has 0 aromatic carbocycles. The number of carbonyl (C=O) groups is 2. The normalized spacial score (nSPS) is 13.7. The molecular formula is C16H19ClN4O3S. The van der Waals surface area contributed by atoms with Crippen LogP contribution in [0, 0.1) is 6.92 Å². The summed E-state index contributed by atoms with van der Waals surface area (Å²) in [6.07, 6.45) is 2.01. The standard InChI is InChI=1S/C16H19ClN4O3S/c1-7-10-12(18)13(14(23)20-9-3-4-9)25-16(10)21-15(11(7)17)24-6-5-19-8(2)22/h9H,3-6,18H2,1-2H3,(H,19,22)(H,20,23). The predicted molar refractivity (Wildman–Crippen MR) is 98.4 cm³/mol. The van der Waals surface area contributed by atoms with Crippen molar-refractivity contribution >= 4 is 50.7 Å². The van der Waals surface area contributed by atoms with Crippen LogP contribution in [0.5, 0.6) is 5.88 Å². The first-order valence-corrected chi connectivity index (χ1v) is 9.14. The maximum Gasteiger partial charge on any atom is 0.263 e. The van der Waals surface area contributed by atoms with E-state index in [4.69, 9.17) is 22.1 Å². The Morgan fingerprint density at radius 1 is 1.44 bits per heavy atom. The number of aryl methyl sites for hydroxylation is 1. The predicted octanol–water partition coefficient (Wildman–Crippen LogP) is 2.25. The van der Waals surface area contributed by atoms with Crippen LogP contribution < -0.4 is 21.1 Å². The molecule has 0 atom stereocenters. The van der Waals surface area contributed by atoms with E-state index in [1.54, 1.807) is 0 Å². The molecule has 1 saturated carbocycles. The Bertz CT molecular complexity index is 848. The second-order valence-corrected chi connectivity index (χ2v) is 7.34. The first-order valence-electron chi connectivity index (χ1n) is 7.94. The van der Waals surface area contributed by atoms with Crippen molar-refractivity contribution in [3.63, 3.8) is 0 Å². The lowest BCUT2D eigenvalue weighted by atomic mass is 10.1. The van der Waals surface area contributed by atoms with Gasteiger partial charge in [0, 0.05) is 18.4 Å². The number of hydrogen-bond acceptors (Lipinski definition) is 6. The number of anilines is 1. The van der Waals surface area contributed by atoms with E-state index in [1.807, 2.05) is 6.92 Å². The molecule has 4 N–H and O–H groups in total. The van der Waals surface area contributed by atoms with E-state index in [0.717, 1.165) is 18.4 Å². The number of rotatable bonds is 6. The number of ether oxygens (including phenoxy) is 1. The number of aromatic nitrogens is 1. The zero-order valence-corrected chi connectivity index (χ0v) is 15.5. The van der Waals surface area contributed by atoms with Gasteiger partial charge >= 0.3 is 0 Å². The molecule has 2 amide bonds. The van der Waals surface area contributed by atoms with Crippen molar-refractivity contribution in [2.24, 2.45) is 0 Å². The topological polar surface area (TPSA) is 106 Å². The second kappa shape index (κ2) is 7.05. The molecule has 0 aliphatic heterocycles. The van der Waals surface area contributed by atoms with Crippen molar-refractivity contribution in [2.75, 3.05) is 18.9 Å². The van der Waals surface area contributed by atoms with E-state index >= 15 is 0 Å². The number of fused-ring (bicyclic) bond motifs is 1. The van der Waals surface area contributed by atoms with Gasteiger partial charge in [0.1, 0.15) is 21.3 Å². The van der Waals surface area contributed by atoms with Crippen molar-refractivity contribution in [3.8, 4) is 5.88 Å². The van der Waals surface area contributed by atoms with Crippen molar-refractivity contribution in [1.82, 2.24) is 15.6 Å². The molecule has 2 aromatic rings. The monoisotopic (exact) mass is 382 g/mol. The number of nitrogen functional groups attached to an aromatic ring is 1. The van der Waals surface area contributed by atoms with Crippen LogP contribution in [0.3, 0.4) is 0 Å². The fraction of sp³-hybridized carbons (Fsp3) is 0.438. The molecule has 1 aliphatic carbocycles. The van der Waals surface area contributed by atoms with Gasteiger partial charge in [-0.2, -0.15) is 0 Å². The Morgan fingerprint density at radius 3 is 2.80 bits per heavy atom. The van der Waals surface area contributed by atoms with Gasteiger partial charge in [0.15, 0.2) is 0 Å². The minimum absolute atomic E-state index is 0.133. The Balaban J connectivity index is 1.86. The Morgan fingerprint density at radius 2 is 2.16 bits per heavy atom. The molecule has 2 heterocycles. The third-order valence-electron chi connectivity index (χ3n) is 3.86. The van der Waals surface area contributed by atoms with E-state index in [0.29, 0.717) is 32.3 Å². The number of amides is 2. The molecule has 25 heavy (non-hydrogen) atoms. The molecule has 9 heteroatoms. The summed E-state index contributed by atoms with van der Waals surface area (Å²) in [5.74, 6) is -0.0364. The number of nitrogens with two attached hydrogens (primary N) is 1. The highest BCUT2D eigenvalue weighted by Crippen LogP contribution is 2.40. The van der Waals surface area contributed by atoms with Crippen LogP contribution in [-0.2, 0) is 4.79 Å². The van der Waals surface area contributed by atoms with E-state index in [-0.39, 0.29) is 30.3 Å². The van der Waals surface area contributed by atoms with Gasteiger partial charge in [-0.05, 0) is 25.3 Å². The van der Waals surface area contributed by atoms with Crippen molar-refractivity contribution < 1.29 is 14.3 Å². The smallest absolute Gasteiger partial charge is 0.263 e. The molecular weight excluding hydrogens is 364 g/mol. The largest absolute Gasteiger partial charge is 0.475 e. The van der Waals surface area contributed by atoms with Crippen LogP contribution in [0.4, 0.5) is 5.69 Å². The van der Waals surface area contributed by atoms with Crippen LogP contribution in [0.1, 0.15) is 35.0 Å². The maximum atomic E-state index is 12.3. The highest BCUT2D eigenvalue weighted by molar-refractivity contribution is 7.21. The summed E-state index contributed by atoms with van der Waals surface area (Å²) in [5, 5.41) is 6.61. The SMILES string of the molecule is CC(=O)NCCOc1nc2sc(C(=O)NC3CC3)c(N)c2c(C)c1Cl. The van der Waals surface area contributed by atoms with Gasteiger partial charge in [-0.15, -0.1) is 11.3 Å². The number of hydrogen-bond donors (Lipinski definition) is 3. The van der Waals surface area contributed by atoms with E-state index in [9.17, 15) is 9.59 Å². The molecule has 7 nitrogen and oxygen atoms in total. The third kappa shape index (κ3) is 3.80. The van der Waals surface area contributed by atoms with Crippen molar-refractivity contribution in [1.29, 1.82) is 0 Å². The van der Waals surface area contributed by atoms with Crippen LogP contribution >= 0.6 is 22.9 Å². The van der Waals surface area contributed by atoms with Crippen LogP contribution in [-0.4, -0.2) is 36.0 Å². The number of pyridine rings is 1. The Hall–Kier alpha value is -2.06. The summed E-state index contributed by atoms with van der Waals surface area (Å²) in [6.45, 7) is 3.85. The number of carbonyl (C=O) groups excluding carboxylic acids is 2. The molecule has 0 unspecified atom stereocenters. The number of nitrogens with zero attached hydrogens (tertiary/aromatic N) is 1. The lowest BCUT2D eigenvalue weighted by molar-refractivity contribution is -0.119. The third-order valence-corrected chi connectivity index (χ3v) is 5.40. The summed E-state index contributed by atoms with van der Waals surface area (Å²) >= 11 is 7.57. The fourth-order valence-electron chi connectivity index (χ4n) is 2.40. The molecule has 134 valence electrons. The Kier molecular flexibility index (Phi) is 5.01. The molecule has 3 rings (SSSR count). The average Bonchev–Trinajstić information content (AvgIpc) is 3.30. The van der Waals surface area contributed by atoms with Crippen LogP contribution in [0.2, 0.25) is 5.02 Å². The zero-order valence-electron chi connectivity index (χ0n) is 13.9. The minimum atomic E-state index is -0.174. The van der Waals surface area contributed by atoms with Gasteiger partial charge in [0.05, 0.1) is 12.2 Å². The van der Waals surface area contributed by atoms with Gasteiger partial charge in [-0.1, -0.05) is 11.6 Å². The summed E-state index contributed by atoms with van der Waals surface area (Å²) in [5.41, 5.74) is 7.29. The highest BCUT2D eigenvalue weighted by atomic mass is 35.5. The molecule has 1 aliphatic rings. The van der Waals surface area contributed by atoms with E-state index < -0.39 is 0 Å². The quantitative estimate of drug-likeness (QED) is 0.664. The number of thiophene rings is 1. The summed E-state index contributed by atoms with van der Waals surface area (Å²) < 4.78 is 5.57. The first kappa shape index (κ1) is 17.8. The minimum Gasteiger partial charge on any atom is -0.475 e. The van der Waals surface area contributed by atoms with Gasteiger partial charge < -0.3 is 21.1 Å². The first-order chi connectivity index (χ1) is 11.9. The lowest BCUT2D eigenvalue weighted by Gasteiger charge is -2.10. The molecule has 2 aromatic heterocycles. The van der Waals surface area contributed by atoms with Crippen molar-refractivity contribution in [3.05, 3.63) is 15.5 Å². The fourth-order valence-corrected chi connectivity index (χ4v) is 3.64. The van der Waals surface area contributed by atoms with Gasteiger partial charge in [-0.25, -0.2) is 4.98 Å². The summed E-state index contributed by atoms with van der Waals surface area (Å²) in [4.78, 5) is 28.7. The van der Waals surface area contributed by atoms with E-state index in [2.05, 4.69) is 15.6 Å². The van der Waals surface area contributed by atoms with Gasteiger partial charge in [0.25, 0.3) is 5.91 Å². The molecule has 1 fully saturated rings. The summed E-state index contributed by atoms with van der Waals surface area (Å²) in [7, 11) is 0. The van der Waals surface area contributed by atoms with Crippen molar-refractivity contribution in [2.45, 2.75) is 32.7 Å². The zero-order chi connectivity index (χ0) is 18.1. The van der Waals surface area contributed by atoms with Crippen LogP contribution in [0.15, 0.2) is 0 Å².